The first-order valence-electron chi connectivity index (χ1n) is 19.6. The molecule has 0 aromatic heterocycles. The van der Waals surface area contributed by atoms with Crippen molar-refractivity contribution in [3.63, 3.8) is 0 Å². The van der Waals surface area contributed by atoms with Gasteiger partial charge < -0.3 is 125 Å². The molecule has 5 aliphatic rings. The second-order valence-electron chi connectivity index (χ2n) is 15.5. The van der Waals surface area contributed by atoms with Crippen LogP contribution in [0.5, 0.6) is 0 Å². The molecule has 0 saturated carbocycles. The predicted octanol–water partition coefficient (Wildman–Crippen LogP) is -10.7. The molecule has 5 heterocycles. The zero-order valence-electron chi connectivity index (χ0n) is 33.2. The van der Waals surface area contributed by atoms with Gasteiger partial charge in [-0.15, -0.1) is 12.6 Å². The molecule has 27 nitrogen and oxygen atoms in total. The van der Waals surface area contributed by atoms with Crippen molar-refractivity contribution < 1.29 is 124 Å². The summed E-state index contributed by atoms with van der Waals surface area (Å²) in [7, 11) is 0. The molecule has 5 aliphatic heterocycles. The van der Waals surface area contributed by atoms with Crippen LogP contribution in [-0.4, -0.2) is 269 Å². The fourth-order valence-corrected chi connectivity index (χ4v) is 8.14. The van der Waals surface area contributed by atoms with Crippen molar-refractivity contribution in [2.75, 3.05) is 33.0 Å². The van der Waals surface area contributed by atoms with Crippen LogP contribution >= 0.6 is 12.6 Å². The summed E-state index contributed by atoms with van der Waals surface area (Å²) in [5, 5.41) is 153. The van der Waals surface area contributed by atoms with Crippen LogP contribution in [0.2, 0.25) is 0 Å². The second kappa shape index (κ2) is 22.2. The molecule has 0 aromatic carbocycles. The highest BCUT2D eigenvalue weighted by molar-refractivity contribution is 7.80. The average Bonchev–Trinajstić information content (AvgIpc) is 3.23. The van der Waals surface area contributed by atoms with E-state index in [1.807, 2.05) is 0 Å². The van der Waals surface area contributed by atoms with Crippen molar-refractivity contribution in [3.8, 4) is 0 Å². The van der Waals surface area contributed by atoms with Crippen molar-refractivity contribution in [2.24, 2.45) is 0 Å². The first-order valence-corrected chi connectivity index (χ1v) is 20.1. The van der Waals surface area contributed by atoms with Crippen molar-refractivity contribution in [2.45, 2.75) is 166 Å². The maximum absolute atomic E-state index is 12.5. The number of carbonyl (C=O) groups excluding carboxylic acids is 2. The van der Waals surface area contributed by atoms with Crippen LogP contribution in [0.3, 0.4) is 0 Å². The maximum atomic E-state index is 12.5. The standard InChI is InChI=1S/C34H58N2O25S/c1-8(41)35-15-20(46)27(12(5-39)56-30(15)59-28-13(6-40)58-34(62)16(21(28)47)36-9(2)42)60-33-26(52)29(61-32-25(51)23(49)18(44)11(4-38)55-32)19(45)14(57-33)7-53-31-24(50)22(48)17(43)10(3-37)54-31/h10-34,37-40,43-52,62H,3-7H2,1-2H3,(H,35,41)(H,36,42)/t10-,11-,12-,13-,14-,15-,16-,17-,18-,19-,20-,21-,22+,23+,24+,25+,26+,27-,28-,29+,30+,31+,32-,33+,34+/m1/s1. The molecule has 0 bridgehead atoms. The normalized spacial score (nSPS) is 49.0. The predicted molar refractivity (Wildman–Crippen MR) is 196 cm³/mol. The van der Waals surface area contributed by atoms with E-state index < -0.39 is 197 Å². The first-order chi connectivity index (χ1) is 29.3. The van der Waals surface area contributed by atoms with E-state index in [4.69, 9.17) is 42.6 Å². The van der Waals surface area contributed by atoms with Gasteiger partial charge in [0.2, 0.25) is 11.8 Å². The largest absolute Gasteiger partial charge is 0.394 e. The smallest absolute Gasteiger partial charge is 0.217 e. The molecule has 62 heavy (non-hydrogen) atoms. The fraction of sp³-hybridized carbons (Fsp3) is 0.941. The summed E-state index contributed by atoms with van der Waals surface area (Å²) in [5.41, 5.74) is -1.13. The van der Waals surface area contributed by atoms with E-state index in [0.717, 1.165) is 13.8 Å². The average molecular weight is 927 g/mol. The Bertz CT molecular complexity index is 1440. The van der Waals surface area contributed by atoms with Crippen LogP contribution in [0.4, 0.5) is 0 Å². The summed E-state index contributed by atoms with van der Waals surface area (Å²) in [6.07, 6.45) is -39.7. The topological polar surface area (TPSA) is 424 Å². The van der Waals surface area contributed by atoms with Crippen molar-refractivity contribution >= 4 is 24.4 Å². The molecule has 0 radical (unpaired) electrons. The molecule has 360 valence electrons. The number of aliphatic hydroxyl groups excluding tert-OH is 14. The van der Waals surface area contributed by atoms with Gasteiger partial charge in [-0.05, 0) is 0 Å². The van der Waals surface area contributed by atoms with E-state index in [9.17, 15) is 81.1 Å². The van der Waals surface area contributed by atoms with Gasteiger partial charge in [0, 0.05) is 13.8 Å². The van der Waals surface area contributed by atoms with Crippen molar-refractivity contribution in [1.29, 1.82) is 0 Å². The Hall–Kier alpha value is -1.63. The Labute approximate surface area is 357 Å². The third-order valence-corrected chi connectivity index (χ3v) is 11.5. The van der Waals surface area contributed by atoms with Gasteiger partial charge in [0.25, 0.3) is 0 Å². The Morgan fingerprint density at radius 3 is 1.39 bits per heavy atom. The Kier molecular flexibility index (Phi) is 18.4. The van der Waals surface area contributed by atoms with Crippen LogP contribution in [-0.2, 0) is 52.2 Å². The van der Waals surface area contributed by atoms with Gasteiger partial charge in [-0.2, -0.15) is 0 Å². The summed E-state index contributed by atoms with van der Waals surface area (Å²) >= 11 is 4.23. The van der Waals surface area contributed by atoms with Crippen LogP contribution in [0.1, 0.15) is 13.8 Å². The lowest BCUT2D eigenvalue weighted by Crippen LogP contribution is -2.70. The molecular weight excluding hydrogens is 868 g/mol. The molecule has 0 aliphatic carbocycles. The number of amides is 2. The molecule has 28 heteroatoms. The van der Waals surface area contributed by atoms with E-state index in [-0.39, 0.29) is 0 Å². The minimum absolute atomic E-state index is 0.582. The lowest BCUT2D eigenvalue weighted by molar-refractivity contribution is -0.383. The summed E-state index contributed by atoms with van der Waals surface area (Å²) in [6, 6.07) is -2.84. The highest BCUT2D eigenvalue weighted by Gasteiger charge is 2.56. The van der Waals surface area contributed by atoms with Crippen LogP contribution in [0.15, 0.2) is 0 Å². The number of thiol groups is 1. The van der Waals surface area contributed by atoms with Crippen LogP contribution in [0, 0.1) is 0 Å². The van der Waals surface area contributed by atoms with Gasteiger partial charge in [0.05, 0.1) is 39.1 Å². The third kappa shape index (κ3) is 11.1. The minimum atomic E-state index is -2.17. The van der Waals surface area contributed by atoms with Crippen LogP contribution < -0.4 is 10.6 Å². The Morgan fingerprint density at radius 2 is 0.855 bits per heavy atom. The highest BCUT2D eigenvalue weighted by atomic mass is 32.1. The molecule has 25 atom stereocenters. The van der Waals surface area contributed by atoms with Crippen LogP contribution in [0.25, 0.3) is 0 Å². The van der Waals surface area contributed by atoms with Gasteiger partial charge in [0.1, 0.15) is 121 Å². The van der Waals surface area contributed by atoms with Crippen molar-refractivity contribution in [3.05, 3.63) is 0 Å². The lowest BCUT2D eigenvalue weighted by atomic mass is 9.94. The molecule has 2 amide bonds. The molecule has 0 aromatic rings. The van der Waals surface area contributed by atoms with E-state index in [0.29, 0.717) is 0 Å². The first kappa shape index (κ1) is 51.4. The molecule has 0 unspecified atom stereocenters. The third-order valence-electron chi connectivity index (χ3n) is 11.1. The fourth-order valence-electron chi connectivity index (χ4n) is 7.73. The van der Waals surface area contributed by atoms with E-state index >= 15 is 0 Å². The summed E-state index contributed by atoms with van der Waals surface area (Å²) in [6.45, 7) is -2.04. The maximum Gasteiger partial charge on any atom is 0.217 e. The van der Waals surface area contributed by atoms with Gasteiger partial charge >= 0.3 is 0 Å². The lowest BCUT2D eigenvalue weighted by Gasteiger charge is -2.50. The molecular formula is C34H58N2O25S. The number of hydrogen-bond donors (Lipinski definition) is 17. The monoisotopic (exact) mass is 926 g/mol. The summed E-state index contributed by atoms with van der Waals surface area (Å²) in [5.74, 6) is -1.35. The molecule has 5 fully saturated rings. The zero-order valence-corrected chi connectivity index (χ0v) is 34.1. The highest BCUT2D eigenvalue weighted by Crippen LogP contribution is 2.35. The molecule has 0 spiro atoms. The quantitative estimate of drug-likeness (QED) is 0.0678. The number of nitrogens with one attached hydrogen (secondary N) is 2. The van der Waals surface area contributed by atoms with Gasteiger partial charge in [-0.25, -0.2) is 0 Å². The Morgan fingerprint density at radius 1 is 0.452 bits per heavy atom. The van der Waals surface area contributed by atoms with Gasteiger partial charge in [0.15, 0.2) is 25.2 Å². The second-order valence-corrected chi connectivity index (χ2v) is 16.0. The molecule has 5 rings (SSSR count). The minimum Gasteiger partial charge on any atom is -0.394 e. The van der Waals surface area contributed by atoms with E-state index in [1.165, 1.54) is 0 Å². The van der Waals surface area contributed by atoms with E-state index in [1.54, 1.807) is 0 Å². The van der Waals surface area contributed by atoms with Gasteiger partial charge in [-0.1, -0.05) is 0 Å². The number of rotatable bonds is 15. The molecule has 5 saturated heterocycles. The Balaban J connectivity index is 1.41. The summed E-state index contributed by atoms with van der Waals surface area (Å²) < 4.78 is 51.3. The molecule has 16 N–H and O–H groups in total. The van der Waals surface area contributed by atoms with Crippen molar-refractivity contribution in [1.82, 2.24) is 10.6 Å². The summed E-state index contributed by atoms with van der Waals surface area (Å²) in [4.78, 5) is 24.3. The zero-order chi connectivity index (χ0) is 45.9. The SMILES string of the molecule is CC(=O)N[C@@H]1[C@@H](O)[C@H](O[C@@H]2O[C@H](CO)[C@@H](O[C@@H]3O[C@H](CO[C@H]4O[C@H](CO)[C@@H](O)[C@H](O)[C@@H]4O)[C@@H](O)[C@H](O[C@H]4O[C@H](CO)[C@@H](O)[C@H](O)[C@@H]4O)[C@@H]3O)[C@H](O)[C@H]2NC(C)=O)[C@@H](CO)O[C@H]1S. The number of ether oxygens (including phenoxy) is 9. The number of carbonyl (C=O) groups is 2. The number of hydrogen-bond acceptors (Lipinski definition) is 26. The van der Waals surface area contributed by atoms with E-state index in [2.05, 4.69) is 23.3 Å². The number of aliphatic hydroxyl groups is 14. The van der Waals surface area contributed by atoms with Gasteiger partial charge in [-0.3, -0.25) is 9.59 Å².